The van der Waals surface area contributed by atoms with Crippen LogP contribution < -0.4 is 25.0 Å². The Kier molecular flexibility index (Phi) is 5.70. The molecule has 0 fully saturated rings. The van der Waals surface area contributed by atoms with Crippen molar-refractivity contribution in [2.45, 2.75) is 12.3 Å². The maximum atomic E-state index is 13.4. The average Bonchev–Trinajstić information content (AvgIpc) is 2.83. The van der Waals surface area contributed by atoms with Gasteiger partial charge in [-0.1, -0.05) is 36.4 Å². The zero-order chi connectivity index (χ0) is 22.7. The number of ether oxygens (including phenoxy) is 2. The summed E-state index contributed by atoms with van der Waals surface area (Å²) in [4.78, 5) is 27.5. The van der Waals surface area contributed by atoms with E-state index < -0.39 is 17.7 Å². The van der Waals surface area contributed by atoms with E-state index in [1.165, 1.54) is 7.11 Å². The molecule has 8 nitrogen and oxygen atoms in total. The van der Waals surface area contributed by atoms with Gasteiger partial charge in [-0.3, -0.25) is 9.69 Å². The molecule has 1 aliphatic rings. The molecule has 0 radical (unpaired) electrons. The highest BCUT2D eigenvalue weighted by molar-refractivity contribution is 6.11. The van der Waals surface area contributed by atoms with Gasteiger partial charge < -0.3 is 25.2 Å². The summed E-state index contributed by atoms with van der Waals surface area (Å²) in [5.74, 6) is 0.439. The fourth-order valence-corrected chi connectivity index (χ4v) is 3.66. The Morgan fingerprint density at radius 2 is 1.72 bits per heavy atom. The van der Waals surface area contributed by atoms with Crippen LogP contribution in [0.4, 0.5) is 16.2 Å². The first-order valence-corrected chi connectivity index (χ1v) is 9.95. The summed E-state index contributed by atoms with van der Waals surface area (Å²) in [5, 5.41) is 17.3. The van der Waals surface area contributed by atoms with E-state index in [4.69, 9.17) is 9.47 Å². The lowest BCUT2D eigenvalue weighted by Crippen LogP contribution is -2.62. The lowest BCUT2D eigenvalue weighted by Gasteiger charge is -2.42. The van der Waals surface area contributed by atoms with Gasteiger partial charge in [0.05, 0.1) is 25.6 Å². The van der Waals surface area contributed by atoms with Gasteiger partial charge in [-0.25, -0.2) is 4.79 Å². The zero-order valence-electron chi connectivity index (χ0n) is 17.7. The minimum Gasteiger partial charge on any atom is -0.497 e. The highest BCUT2D eigenvalue weighted by atomic mass is 16.5. The van der Waals surface area contributed by atoms with E-state index in [2.05, 4.69) is 10.6 Å². The van der Waals surface area contributed by atoms with E-state index in [1.807, 2.05) is 12.1 Å². The molecule has 1 atom stereocenters. The number of benzene rings is 3. The molecular formula is C24H23N3O5. The summed E-state index contributed by atoms with van der Waals surface area (Å²) >= 11 is 0. The standard InChI is InChI=1S/C24H23N3O5/c1-31-18-12-10-16(11-13-18)15-25-22(28)24(30)20-8-3-4-9-21(20)26-23(29)27(24)17-6-5-7-19(14-17)32-2/h3-14,30H,15H2,1-2H3,(H,25,28)(H,26,29). The number of hydrogen-bond donors (Lipinski definition) is 3. The molecule has 0 saturated heterocycles. The van der Waals surface area contributed by atoms with Crippen molar-refractivity contribution in [3.8, 4) is 11.5 Å². The molecular weight excluding hydrogens is 410 g/mol. The maximum absolute atomic E-state index is 13.4. The molecule has 8 heteroatoms. The van der Waals surface area contributed by atoms with Gasteiger partial charge in [0.2, 0.25) is 0 Å². The third kappa shape index (κ3) is 3.72. The summed E-state index contributed by atoms with van der Waals surface area (Å²) in [5.41, 5.74) is -0.548. The van der Waals surface area contributed by atoms with Crippen LogP contribution in [-0.4, -0.2) is 31.3 Å². The number of fused-ring (bicyclic) bond motifs is 1. The maximum Gasteiger partial charge on any atom is 0.329 e. The molecule has 1 heterocycles. The summed E-state index contributed by atoms with van der Waals surface area (Å²) in [6.45, 7) is 0.154. The van der Waals surface area contributed by atoms with Crippen LogP contribution in [0.25, 0.3) is 0 Å². The molecule has 0 saturated carbocycles. The Hall–Kier alpha value is -4.04. The fourth-order valence-electron chi connectivity index (χ4n) is 3.66. The van der Waals surface area contributed by atoms with Crippen molar-refractivity contribution in [2.75, 3.05) is 24.4 Å². The lowest BCUT2D eigenvalue weighted by atomic mass is 9.94. The zero-order valence-corrected chi connectivity index (χ0v) is 17.7. The molecule has 0 bridgehead atoms. The first kappa shape index (κ1) is 21.2. The number of urea groups is 1. The van der Waals surface area contributed by atoms with E-state index in [0.717, 1.165) is 10.5 Å². The van der Waals surface area contributed by atoms with Crippen molar-refractivity contribution in [1.29, 1.82) is 0 Å². The van der Waals surface area contributed by atoms with Crippen molar-refractivity contribution in [3.05, 3.63) is 83.9 Å². The van der Waals surface area contributed by atoms with E-state index in [1.54, 1.807) is 67.8 Å². The van der Waals surface area contributed by atoms with Crippen LogP contribution in [-0.2, 0) is 17.1 Å². The first-order chi connectivity index (χ1) is 15.5. The number of nitrogens with zero attached hydrogens (tertiary/aromatic N) is 1. The number of carbonyl (C=O) groups is 2. The molecule has 3 aromatic carbocycles. The predicted molar refractivity (Wildman–Crippen MR) is 120 cm³/mol. The smallest absolute Gasteiger partial charge is 0.329 e. The lowest BCUT2D eigenvalue weighted by molar-refractivity contribution is -0.140. The Labute approximate surface area is 185 Å². The van der Waals surface area contributed by atoms with E-state index >= 15 is 0 Å². The number of amides is 3. The van der Waals surface area contributed by atoms with E-state index in [9.17, 15) is 14.7 Å². The predicted octanol–water partition coefficient (Wildman–Crippen LogP) is 3.22. The second-order valence-corrected chi connectivity index (χ2v) is 7.22. The summed E-state index contributed by atoms with van der Waals surface area (Å²) < 4.78 is 10.4. The molecule has 1 unspecified atom stereocenters. The van der Waals surface area contributed by atoms with Gasteiger partial charge in [0.25, 0.3) is 11.6 Å². The summed E-state index contributed by atoms with van der Waals surface area (Å²) in [6, 6.07) is 19.8. The molecule has 0 aliphatic carbocycles. The van der Waals surface area contributed by atoms with Gasteiger partial charge in [0.15, 0.2) is 0 Å². The number of hydrogen-bond acceptors (Lipinski definition) is 5. The molecule has 3 N–H and O–H groups in total. The third-order valence-corrected chi connectivity index (χ3v) is 5.31. The molecule has 0 aromatic heterocycles. The van der Waals surface area contributed by atoms with Crippen LogP contribution >= 0.6 is 0 Å². The number of nitrogens with one attached hydrogen (secondary N) is 2. The fraction of sp³-hybridized carbons (Fsp3) is 0.167. The quantitative estimate of drug-likeness (QED) is 0.554. The Bertz CT molecular complexity index is 1150. The second-order valence-electron chi connectivity index (χ2n) is 7.22. The topological polar surface area (TPSA) is 100 Å². The van der Waals surface area contributed by atoms with Gasteiger partial charge in [-0.05, 0) is 35.9 Å². The van der Waals surface area contributed by atoms with Gasteiger partial charge in [0.1, 0.15) is 11.5 Å². The molecule has 4 rings (SSSR count). The third-order valence-electron chi connectivity index (χ3n) is 5.31. The number of anilines is 2. The van der Waals surface area contributed by atoms with Crippen LogP contribution in [0.2, 0.25) is 0 Å². The highest BCUT2D eigenvalue weighted by Crippen LogP contribution is 2.40. The van der Waals surface area contributed by atoms with Crippen LogP contribution in [0.1, 0.15) is 11.1 Å². The Morgan fingerprint density at radius 3 is 2.44 bits per heavy atom. The van der Waals surface area contributed by atoms with Crippen molar-refractivity contribution in [3.63, 3.8) is 0 Å². The van der Waals surface area contributed by atoms with Crippen LogP contribution in [0.15, 0.2) is 72.8 Å². The summed E-state index contributed by atoms with van der Waals surface area (Å²) in [6.07, 6.45) is 0. The van der Waals surface area contributed by atoms with Gasteiger partial charge in [0, 0.05) is 18.2 Å². The Morgan fingerprint density at radius 1 is 1.00 bits per heavy atom. The Balaban J connectivity index is 1.72. The largest absolute Gasteiger partial charge is 0.497 e. The SMILES string of the molecule is COc1ccc(CNC(=O)C2(O)c3ccccc3NC(=O)N2c2cccc(OC)c2)cc1. The van der Waals surface area contributed by atoms with Crippen LogP contribution in [0.5, 0.6) is 11.5 Å². The van der Waals surface area contributed by atoms with Gasteiger partial charge >= 0.3 is 6.03 Å². The molecule has 32 heavy (non-hydrogen) atoms. The second kappa shape index (κ2) is 8.60. The first-order valence-electron chi connectivity index (χ1n) is 9.95. The van der Waals surface area contributed by atoms with Crippen molar-refractivity contribution < 1.29 is 24.2 Å². The number of aliphatic hydroxyl groups is 1. The highest BCUT2D eigenvalue weighted by Gasteiger charge is 2.51. The minimum absolute atomic E-state index is 0.154. The van der Waals surface area contributed by atoms with Gasteiger partial charge in [-0.15, -0.1) is 0 Å². The monoisotopic (exact) mass is 433 g/mol. The van der Waals surface area contributed by atoms with E-state index in [-0.39, 0.29) is 12.1 Å². The van der Waals surface area contributed by atoms with E-state index in [0.29, 0.717) is 22.9 Å². The molecule has 0 spiro atoms. The number of carbonyl (C=O) groups excluding carboxylic acids is 2. The molecule has 164 valence electrons. The molecule has 3 amide bonds. The van der Waals surface area contributed by atoms with Crippen LogP contribution in [0.3, 0.4) is 0 Å². The number of methoxy groups -OCH3 is 2. The average molecular weight is 433 g/mol. The number of para-hydroxylation sites is 1. The normalized spacial score (nSPS) is 17.2. The van der Waals surface area contributed by atoms with Crippen LogP contribution in [0, 0.1) is 0 Å². The van der Waals surface area contributed by atoms with Gasteiger partial charge in [-0.2, -0.15) is 0 Å². The summed E-state index contributed by atoms with van der Waals surface area (Å²) in [7, 11) is 3.07. The minimum atomic E-state index is -2.28. The van der Waals surface area contributed by atoms with Crippen molar-refractivity contribution in [1.82, 2.24) is 5.32 Å². The van der Waals surface area contributed by atoms with Crippen molar-refractivity contribution in [2.24, 2.45) is 0 Å². The number of rotatable bonds is 6. The molecule has 1 aliphatic heterocycles. The molecule has 3 aromatic rings. The van der Waals surface area contributed by atoms with Crippen molar-refractivity contribution >= 4 is 23.3 Å².